The van der Waals surface area contributed by atoms with Crippen molar-refractivity contribution in [2.24, 2.45) is 5.73 Å². The van der Waals surface area contributed by atoms with Crippen molar-refractivity contribution in [1.82, 2.24) is 0 Å². The summed E-state index contributed by atoms with van der Waals surface area (Å²) in [6.45, 7) is 4.58. The van der Waals surface area contributed by atoms with Gasteiger partial charge in [-0.1, -0.05) is 11.6 Å². The zero-order chi connectivity index (χ0) is 15.3. The number of halogens is 1. The van der Waals surface area contributed by atoms with E-state index < -0.39 is 11.9 Å². The van der Waals surface area contributed by atoms with E-state index in [1.165, 1.54) is 6.07 Å². The number of amides is 1. The lowest BCUT2D eigenvalue weighted by atomic mass is 10.1. The molecule has 0 aliphatic carbocycles. The second-order valence-electron chi connectivity index (χ2n) is 4.81. The van der Waals surface area contributed by atoms with Crippen LogP contribution < -0.4 is 10.6 Å². The Hall–Kier alpha value is -1.75. The number of carboxylic acid groups (broad SMARTS) is 1. The van der Waals surface area contributed by atoms with Crippen molar-refractivity contribution >= 4 is 29.2 Å². The molecular weight excluding hydrogens is 280 g/mol. The van der Waals surface area contributed by atoms with E-state index >= 15 is 0 Å². The second-order valence-corrected chi connectivity index (χ2v) is 5.22. The summed E-state index contributed by atoms with van der Waals surface area (Å²) in [5.74, 6) is -1.34. The van der Waals surface area contributed by atoms with Gasteiger partial charge in [0, 0.05) is 24.6 Å². The van der Waals surface area contributed by atoms with Gasteiger partial charge >= 0.3 is 5.97 Å². The van der Waals surface area contributed by atoms with Gasteiger partial charge in [-0.05, 0) is 38.5 Å². The number of rotatable bonds is 7. The maximum absolute atomic E-state index is 11.1. The Labute approximate surface area is 123 Å². The summed E-state index contributed by atoms with van der Waals surface area (Å²) >= 11 is 6.19. The molecule has 1 amide bonds. The summed E-state index contributed by atoms with van der Waals surface area (Å²) in [5.41, 5.74) is 6.34. The Kier molecular flexibility index (Phi) is 5.82. The topological polar surface area (TPSA) is 83.6 Å². The van der Waals surface area contributed by atoms with Crippen LogP contribution in [0.3, 0.4) is 0 Å². The Morgan fingerprint density at radius 1 is 1.40 bits per heavy atom. The number of nitrogens with zero attached hydrogens (tertiary/aromatic N) is 1. The number of hydrogen-bond acceptors (Lipinski definition) is 3. The molecular formula is C14H19ClN2O3. The predicted octanol–water partition coefficient (Wildman–Crippen LogP) is 2.52. The molecule has 0 radical (unpaired) electrons. The Bertz CT molecular complexity index is 503. The predicted molar refractivity (Wildman–Crippen MR) is 79.3 cm³/mol. The van der Waals surface area contributed by atoms with Gasteiger partial charge in [0.2, 0.25) is 5.91 Å². The maximum Gasteiger partial charge on any atom is 0.303 e. The fraction of sp³-hybridized carbons (Fsp3) is 0.429. The van der Waals surface area contributed by atoms with Crippen LogP contribution in [0.15, 0.2) is 18.2 Å². The normalized spacial score (nSPS) is 10.6. The zero-order valence-corrected chi connectivity index (χ0v) is 12.4. The smallest absolute Gasteiger partial charge is 0.303 e. The third kappa shape index (κ3) is 4.42. The minimum Gasteiger partial charge on any atom is -0.481 e. The summed E-state index contributed by atoms with van der Waals surface area (Å²) in [6.07, 6.45) is 0.640. The maximum atomic E-state index is 11.1. The van der Waals surface area contributed by atoms with Crippen molar-refractivity contribution < 1.29 is 14.7 Å². The third-order valence-electron chi connectivity index (χ3n) is 2.95. The number of aliphatic carboxylic acids is 1. The van der Waals surface area contributed by atoms with Crippen molar-refractivity contribution in [1.29, 1.82) is 0 Å². The number of carbonyl (C=O) groups excluding carboxylic acids is 1. The van der Waals surface area contributed by atoms with Crippen LogP contribution in [0.2, 0.25) is 5.02 Å². The Morgan fingerprint density at radius 2 is 2.05 bits per heavy atom. The van der Waals surface area contributed by atoms with E-state index in [0.717, 1.165) is 5.69 Å². The molecule has 0 aromatic heterocycles. The molecule has 0 bridgehead atoms. The van der Waals surface area contributed by atoms with E-state index in [1.807, 2.05) is 18.7 Å². The third-order valence-corrected chi connectivity index (χ3v) is 3.26. The number of carbonyl (C=O) groups is 2. The average molecular weight is 299 g/mol. The molecule has 0 aliphatic rings. The number of carboxylic acids is 1. The van der Waals surface area contributed by atoms with Gasteiger partial charge in [0.15, 0.2) is 0 Å². The minimum absolute atomic E-state index is 0.111. The van der Waals surface area contributed by atoms with Crippen LogP contribution in [0.5, 0.6) is 0 Å². The molecule has 1 aromatic rings. The lowest BCUT2D eigenvalue weighted by molar-refractivity contribution is -0.137. The molecule has 0 spiro atoms. The highest BCUT2D eigenvalue weighted by Gasteiger charge is 2.15. The average Bonchev–Trinajstić information content (AvgIpc) is 2.34. The molecule has 0 aliphatic heterocycles. The van der Waals surface area contributed by atoms with E-state index in [0.29, 0.717) is 23.6 Å². The molecule has 0 unspecified atom stereocenters. The number of nitrogens with two attached hydrogens (primary N) is 1. The zero-order valence-electron chi connectivity index (χ0n) is 11.6. The summed E-state index contributed by atoms with van der Waals surface area (Å²) in [6, 6.07) is 5.06. The number of benzene rings is 1. The van der Waals surface area contributed by atoms with Gasteiger partial charge in [0.05, 0.1) is 10.7 Å². The first kappa shape index (κ1) is 16.3. The monoisotopic (exact) mass is 298 g/mol. The van der Waals surface area contributed by atoms with Gasteiger partial charge in [0.1, 0.15) is 0 Å². The molecule has 5 nitrogen and oxygen atoms in total. The van der Waals surface area contributed by atoms with Crippen LogP contribution in [0.1, 0.15) is 37.0 Å². The first-order chi connectivity index (χ1) is 9.32. The summed E-state index contributed by atoms with van der Waals surface area (Å²) in [4.78, 5) is 23.7. The standard InChI is InChI=1S/C14H19ClN2O3/c1-9(2)17(7-3-4-13(18)19)12-6-5-10(14(16)20)8-11(12)15/h5-6,8-9H,3-4,7H2,1-2H3,(H2,16,20)(H,18,19). The van der Waals surface area contributed by atoms with Crippen molar-refractivity contribution in [3.05, 3.63) is 28.8 Å². The largest absolute Gasteiger partial charge is 0.481 e. The summed E-state index contributed by atoms with van der Waals surface area (Å²) < 4.78 is 0. The number of primary amides is 1. The second kappa shape index (κ2) is 7.14. The summed E-state index contributed by atoms with van der Waals surface area (Å²) in [5, 5.41) is 9.13. The fourth-order valence-electron chi connectivity index (χ4n) is 1.95. The molecule has 0 heterocycles. The van der Waals surface area contributed by atoms with E-state index in [-0.39, 0.29) is 12.5 Å². The van der Waals surface area contributed by atoms with Gasteiger partial charge in [-0.3, -0.25) is 9.59 Å². The van der Waals surface area contributed by atoms with Gasteiger partial charge in [0.25, 0.3) is 0 Å². The van der Waals surface area contributed by atoms with Crippen molar-refractivity contribution in [2.75, 3.05) is 11.4 Å². The molecule has 20 heavy (non-hydrogen) atoms. The van der Waals surface area contributed by atoms with Crippen LogP contribution in [0.25, 0.3) is 0 Å². The Morgan fingerprint density at radius 3 is 2.50 bits per heavy atom. The molecule has 110 valence electrons. The molecule has 0 atom stereocenters. The fourth-order valence-corrected chi connectivity index (χ4v) is 2.24. The molecule has 6 heteroatoms. The van der Waals surface area contributed by atoms with E-state index in [9.17, 15) is 9.59 Å². The van der Waals surface area contributed by atoms with Crippen molar-refractivity contribution in [3.63, 3.8) is 0 Å². The van der Waals surface area contributed by atoms with Crippen LogP contribution in [0, 0.1) is 0 Å². The van der Waals surface area contributed by atoms with Crippen LogP contribution in [0.4, 0.5) is 5.69 Å². The van der Waals surface area contributed by atoms with Crippen molar-refractivity contribution in [2.45, 2.75) is 32.7 Å². The molecule has 0 saturated heterocycles. The first-order valence-corrected chi connectivity index (χ1v) is 6.78. The molecule has 1 aromatic carbocycles. The van der Waals surface area contributed by atoms with Gasteiger partial charge in [-0.2, -0.15) is 0 Å². The molecule has 1 rings (SSSR count). The van der Waals surface area contributed by atoms with Crippen LogP contribution in [-0.4, -0.2) is 29.6 Å². The SMILES string of the molecule is CC(C)N(CCCC(=O)O)c1ccc(C(N)=O)cc1Cl. The quantitative estimate of drug-likeness (QED) is 0.810. The van der Waals surface area contributed by atoms with Gasteiger partial charge in [-0.15, -0.1) is 0 Å². The van der Waals surface area contributed by atoms with E-state index in [2.05, 4.69) is 0 Å². The Balaban J connectivity index is 2.91. The van der Waals surface area contributed by atoms with Gasteiger partial charge < -0.3 is 15.7 Å². The van der Waals surface area contributed by atoms with E-state index in [1.54, 1.807) is 12.1 Å². The lowest BCUT2D eigenvalue weighted by Gasteiger charge is -2.30. The van der Waals surface area contributed by atoms with Crippen LogP contribution in [-0.2, 0) is 4.79 Å². The highest BCUT2D eigenvalue weighted by atomic mass is 35.5. The lowest BCUT2D eigenvalue weighted by Crippen LogP contribution is -2.32. The first-order valence-electron chi connectivity index (χ1n) is 6.40. The number of hydrogen-bond donors (Lipinski definition) is 2. The minimum atomic E-state index is -0.816. The molecule has 0 saturated carbocycles. The molecule has 0 fully saturated rings. The highest BCUT2D eigenvalue weighted by molar-refractivity contribution is 6.33. The number of anilines is 1. The molecule has 3 N–H and O–H groups in total. The highest BCUT2D eigenvalue weighted by Crippen LogP contribution is 2.28. The van der Waals surface area contributed by atoms with Gasteiger partial charge in [-0.25, -0.2) is 0 Å². The van der Waals surface area contributed by atoms with E-state index in [4.69, 9.17) is 22.4 Å². The van der Waals surface area contributed by atoms with Crippen molar-refractivity contribution in [3.8, 4) is 0 Å². The summed E-state index contributed by atoms with van der Waals surface area (Å²) in [7, 11) is 0. The van der Waals surface area contributed by atoms with Crippen LogP contribution >= 0.6 is 11.6 Å².